The van der Waals surface area contributed by atoms with Gasteiger partial charge in [0.1, 0.15) is 5.75 Å². The van der Waals surface area contributed by atoms with Crippen molar-refractivity contribution in [3.05, 3.63) is 57.6 Å². The number of non-ortho nitro benzene ring substituents is 1. The Kier molecular flexibility index (Phi) is 7.12. The summed E-state index contributed by atoms with van der Waals surface area (Å²) in [5, 5.41) is 15.8. The summed E-state index contributed by atoms with van der Waals surface area (Å²) in [6.45, 7) is 0.467. The summed E-state index contributed by atoms with van der Waals surface area (Å²) in [5.41, 5.74) is 0.145. The van der Waals surface area contributed by atoms with Gasteiger partial charge < -0.3 is 15.4 Å². The lowest BCUT2D eigenvalue weighted by molar-refractivity contribution is -0.384. The molecule has 0 spiro atoms. The van der Waals surface area contributed by atoms with E-state index in [2.05, 4.69) is 10.6 Å². The molecule has 2 N–H and O–H groups in total. The third-order valence-corrected chi connectivity index (χ3v) is 4.51. The lowest BCUT2D eigenvalue weighted by atomic mass is 10.3. The number of hydrogen-bond donors (Lipinski definition) is 2. The Morgan fingerprint density at radius 3 is 2.46 bits per heavy atom. The van der Waals surface area contributed by atoms with Crippen LogP contribution in [-0.2, 0) is 10.2 Å². The molecule has 0 atom stereocenters. The number of halogens is 2. The Labute approximate surface area is 164 Å². The number of urea groups is 1. The highest BCUT2D eigenvalue weighted by Gasteiger charge is 2.12. The molecular formula is C16H15ClFN3O6S. The fourth-order valence-electron chi connectivity index (χ4n) is 2.05. The van der Waals surface area contributed by atoms with Gasteiger partial charge in [0.2, 0.25) is 0 Å². The van der Waals surface area contributed by atoms with Crippen LogP contribution in [0.3, 0.4) is 0 Å². The third kappa shape index (κ3) is 6.35. The van der Waals surface area contributed by atoms with Crippen molar-refractivity contribution < 1.29 is 26.8 Å². The minimum Gasteiger partial charge on any atom is -0.492 e. The van der Waals surface area contributed by atoms with Crippen molar-refractivity contribution in [3.63, 3.8) is 0 Å². The van der Waals surface area contributed by atoms with E-state index in [0.29, 0.717) is 17.9 Å². The summed E-state index contributed by atoms with van der Waals surface area (Å²) < 4.78 is 39.6. The van der Waals surface area contributed by atoms with E-state index in [1.165, 1.54) is 30.3 Å². The molecule has 0 fully saturated rings. The molecule has 2 aromatic carbocycles. The lowest BCUT2D eigenvalue weighted by Crippen LogP contribution is -2.30. The number of amides is 2. The average molecular weight is 432 g/mol. The number of carbonyl (C=O) groups is 1. The van der Waals surface area contributed by atoms with Gasteiger partial charge in [-0.25, -0.2) is 4.79 Å². The number of nitro groups is 1. The maximum atomic E-state index is 12.8. The van der Waals surface area contributed by atoms with Crippen LogP contribution in [0.1, 0.15) is 6.42 Å². The Hall–Kier alpha value is -2.92. The number of hydrogen-bond acceptors (Lipinski definition) is 6. The molecule has 150 valence electrons. The molecule has 2 rings (SSSR count). The van der Waals surface area contributed by atoms with Crippen LogP contribution in [0.15, 0.2) is 47.4 Å². The molecule has 9 nitrogen and oxygen atoms in total. The van der Waals surface area contributed by atoms with E-state index < -0.39 is 26.1 Å². The van der Waals surface area contributed by atoms with E-state index in [1.54, 1.807) is 0 Å². The van der Waals surface area contributed by atoms with Crippen molar-refractivity contribution in [1.29, 1.82) is 0 Å². The molecule has 28 heavy (non-hydrogen) atoms. The van der Waals surface area contributed by atoms with Crippen LogP contribution < -0.4 is 15.4 Å². The molecule has 0 unspecified atom stereocenters. The first-order chi connectivity index (χ1) is 13.2. The normalized spacial score (nSPS) is 10.9. The van der Waals surface area contributed by atoms with E-state index in [0.717, 1.165) is 12.1 Å². The van der Waals surface area contributed by atoms with Gasteiger partial charge in [-0.3, -0.25) is 10.1 Å². The first-order valence-corrected chi connectivity index (χ1v) is 9.59. The first-order valence-electron chi connectivity index (χ1n) is 7.83. The highest BCUT2D eigenvalue weighted by molar-refractivity contribution is 7.86. The number of anilines is 1. The molecule has 0 aliphatic heterocycles. The minimum atomic E-state index is -4.79. The van der Waals surface area contributed by atoms with Gasteiger partial charge in [-0.1, -0.05) is 11.6 Å². The van der Waals surface area contributed by atoms with Crippen molar-refractivity contribution in [1.82, 2.24) is 5.32 Å². The third-order valence-electron chi connectivity index (χ3n) is 3.38. The van der Waals surface area contributed by atoms with Crippen molar-refractivity contribution in [3.8, 4) is 5.75 Å². The maximum absolute atomic E-state index is 12.8. The second-order valence-corrected chi connectivity index (χ2v) is 7.17. The summed E-state index contributed by atoms with van der Waals surface area (Å²) in [6, 6.07) is 7.89. The number of nitrogens with one attached hydrogen (secondary N) is 2. The van der Waals surface area contributed by atoms with Crippen molar-refractivity contribution in [2.24, 2.45) is 0 Å². The molecule has 0 aliphatic rings. The molecule has 0 aliphatic carbocycles. The number of nitrogens with zero attached hydrogens (tertiary/aromatic N) is 1. The molecule has 0 aromatic heterocycles. The van der Waals surface area contributed by atoms with E-state index in [-0.39, 0.29) is 23.9 Å². The highest BCUT2D eigenvalue weighted by atomic mass is 35.5. The number of rotatable bonds is 8. The van der Waals surface area contributed by atoms with Crippen LogP contribution >= 0.6 is 11.6 Å². The largest absolute Gasteiger partial charge is 0.492 e. The number of ether oxygens (including phenoxy) is 1. The summed E-state index contributed by atoms with van der Waals surface area (Å²) >= 11 is 5.90. The molecular weight excluding hydrogens is 417 g/mol. The van der Waals surface area contributed by atoms with E-state index in [9.17, 15) is 27.2 Å². The number of carbonyl (C=O) groups excluding carboxylic acids is 1. The van der Waals surface area contributed by atoms with E-state index >= 15 is 0 Å². The first kappa shape index (κ1) is 21.4. The summed E-state index contributed by atoms with van der Waals surface area (Å²) in [4.78, 5) is 21.3. The maximum Gasteiger partial charge on any atom is 0.332 e. The van der Waals surface area contributed by atoms with Gasteiger partial charge in [0.25, 0.3) is 5.69 Å². The minimum absolute atomic E-state index is 0.110. The van der Waals surface area contributed by atoms with Gasteiger partial charge in [-0.15, -0.1) is 3.89 Å². The molecule has 0 saturated heterocycles. The SMILES string of the molecule is O=C(NCCCOc1ccc([N+](=O)[O-])cc1Cl)Nc1ccc(S(=O)(=O)F)cc1. The fourth-order valence-corrected chi connectivity index (χ4v) is 2.74. The van der Waals surface area contributed by atoms with Crippen LogP contribution in [0.4, 0.5) is 20.1 Å². The average Bonchev–Trinajstić information content (AvgIpc) is 2.62. The molecule has 0 saturated carbocycles. The molecule has 12 heteroatoms. The number of nitro benzene ring substituents is 1. The van der Waals surface area contributed by atoms with Crippen LogP contribution in [0, 0.1) is 10.1 Å². The lowest BCUT2D eigenvalue weighted by Gasteiger charge is -2.09. The summed E-state index contributed by atoms with van der Waals surface area (Å²) in [5.74, 6) is 0.291. The molecule has 2 aromatic rings. The molecule has 2 amide bonds. The Morgan fingerprint density at radius 1 is 1.21 bits per heavy atom. The standard InChI is InChI=1S/C16H15ClFN3O6S/c17-14-10-12(21(23)24)4-7-15(14)27-9-1-8-19-16(22)20-11-2-5-13(6-3-11)28(18,25)26/h2-7,10H,1,8-9H2,(H2,19,20,22). The Bertz CT molecular complexity index is 969. The van der Waals surface area contributed by atoms with E-state index in [1.807, 2.05) is 0 Å². The zero-order chi connectivity index (χ0) is 20.7. The topological polar surface area (TPSA) is 128 Å². The van der Waals surface area contributed by atoms with Gasteiger partial charge in [-0.2, -0.15) is 8.42 Å². The summed E-state index contributed by atoms with van der Waals surface area (Å²) in [6.07, 6.45) is 0.430. The predicted molar refractivity (Wildman–Crippen MR) is 100.0 cm³/mol. The molecule has 0 radical (unpaired) electrons. The highest BCUT2D eigenvalue weighted by Crippen LogP contribution is 2.28. The van der Waals surface area contributed by atoms with Gasteiger partial charge in [-0.05, 0) is 36.8 Å². The monoisotopic (exact) mass is 431 g/mol. The zero-order valence-electron chi connectivity index (χ0n) is 14.2. The zero-order valence-corrected chi connectivity index (χ0v) is 15.8. The van der Waals surface area contributed by atoms with Crippen LogP contribution in [0.5, 0.6) is 5.75 Å². The van der Waals surface area contributed by atoms with Crippen LogP contribution in [0.25, 0.3) is 0 Å². The Balaban J connectivity index is 1.72. The number of benzene rings is 2. The van der Waals surface area contributed by atoms with Gasteiger partial charge in [0, 0.05) is 24.4 Å². The van der Waals surface area contributed by atoms with Crippen molar-refractivity contribution in [2.45, 2.75) is 11.3 Å². The fraction of sp³-hybridized carbons (Fsp3) is 0.188. The molecule has 0 heterocycles. The van der Waals surface area contributed by atoms with E-state index in [4.69, 9.17) is 16.3 Å². The van der Waals surface area contributed by atoms with Gasteiger partial charge >= 0.3 is 16.3 Å². The smallest absolute Gasteiger partial charge is 0.332 e. The van der Waals surface area contributed by atoms with Crippen LogP contribution in [-0.4, -0.2) is 32.5 Å². The van der Waals surface area contributed by atoms with Crippen molar-refractivity contribution in [2.75, 3.05) is 18.5 Å². The van der Waals surface area contributed by atoms with Gasteiger partial charge in [0.15, 0.2) is 0 Å². The Morgan fingerprint density at radius 2 is 1.89 bits per heavy atom. The molecule has 0 bridgehead atoms. The second-order valence-electron chi connectivity index (χ2n) is 5.42. The summed E-state index contributed by atoms with van der Waals surface area (Å²) in [7, 11) is -4.79. The predicted octanol–water partition coefficient (Wildman–Crippen LogP) is 3.50. The van der Waals surface area contributed by atoms with Crippen molar-refractivity contribution >= 4 is 39.2 Å². The quantitative estimate of drug-likeness (QED) is 0.285. The second kappa shape index (κ2) is 9.33. The van der Waals surface area contributed by atoms with Gasteiger partial charge in [0.05, 0.1) is 21.4 Å². The van der Waals surface area contributed by atoms with Crippen LogP contribution in [0.2, 0.25) is 5.02 Å².